The molecule has 0 spiro atoms. The van der Waals surface area contributed by atoms with Crippen LogP contribution in [0.4, 0.5) is 13.2 Å². The Kier molecular flexibility index (Phi) is 1.25. The molecule has 0 aromatic rings. The molecular formula is C5H7F3N2. The van der Waals surface area contributed by atoms with Crippen LogP contribution in [0.15, 0.2) is 12.3 Å². The molecule has 0 amide bonds. The van der Waals surface area contributed by atoms with Crippen LogP contribution in [0, 0.1) is 0 Å². The molecule has 5 heteroatoms. The largest absolute Gasteiger partial charge is 0.405 e. The second-order valence-corrected chi connectivity index (χ2v) is 1.81. The highest BCUT2D eigenvalue weighted by molar-refractivity contribution is 4.91. The second kappa shape index (κ2) is 2.49. The Morgan fingerprint density at radius 1 is 1.70 bits per heavy atom. The van der Waals surface area contributed by atoms with Crippen LogP contribution in [0.1, 0.15) is 7.79 Å². The van der Waals surface area contributed by atoms with Gasteiger partial charge in [-0.2, -0.15) is 13.2 Å². The molecule has 0 aliphatic carbocycles. The fourth-order valence-electron chi connectivity index (χ4n) is 0.563. The zero-order valence-corrected chi connectivity index (χ0v) is 4.94. The highest BCUT2D eigenvalue weighted by Crippen LogP contribution is 2.22. The van der Waals surface area contributed by atoms with E-state index >= 15 is 0 Å². The van der Waals surface area contributed by atoms with Crippen molar-refractivity contribution in [2.75, 3.05) is 0 Å². The van der Waals surface area contributed by atoms with Crippen molar-refractivity contribution < 1.29 is 16.0 Å². The van der Waals surface area contributed by atoms with Gasteiger partial charge < -0.3 is 5.42 Å². The molecule has 2 nitrogen and oxygen atoms in total. The summed E-state index contributed by atoms with van der Waals surface area (Å²) in [5, 5.41) is 0. The average molecular weight is 154 g/mol. The number of nitrogens with one attached hydrogen (secondary N) is 2. The molecule has 2 N–H and O–H groups in total. The summed E-state index contributed by atoms with van der Waals surface area (Å²) in [7, 11) is 0. The Hall–Kier alpha value is -0.710. The van der Waals surface area contributed by atoms with E-state index in [1.165, 1.54) is 0 Å². The minimum atomic E-state index is -4.67. The van der Waals surface area contributed by atoms with Gasteiger partial charge >= 0.3 is 6.18 Å². The Morgan fingerprint density at radius 3 is 2.80 bits per heavy atom. The van der Waals surface area contributed by atoms with Crippen LogP contribution in [0.2, 0.25) is 1.41 Å². The molecule has 0 aromatic carbocycles. The van der Waals surface area contributed by atoms with Crippen molar-refractivity contribution in [1.82, 2.24) is 10.8 Å². The third-order valence-corrected chi connectivity index (χ3v) is 1.04. The lowest BCUT2D eigenvalue weighted by Gasteiger charge is -2.22. The van der Waals surface area contributed by atoms with Gasteiger partial charge in [0.15, 0.2) is 1.41 Å². The first kappa shape index (κ1) is 5.01. The number of alkyl halides is 3. The summed E-state index contributed by atoms with van der Waals surface area (Å²) >= 11 is 0. The van der Waals surface area contributed by atoms with Gasteiger partial charge in [0.05, 0.1) is 1.37 Å². The fourth-order valence-corrected chi connectivity index (χ4v) is 0.563. The number of hydrazine groups is 1. The lowest BCUT2D eigenvalue weighted by molar-refractivity contribution is -0.157. The topological polar surface area (TPSA) is 24.1 Å². The number of halogens is 3. The molecular weight excluding hydrogens is 145 g/mol. The molecule has 1 unspecified atom stereocenters. The van der Waals surface area contributed by atoms with Crippen molar-refractivity contribution in [1.29, 1.82) is 0 Å². The summed E-state index contributed by atoms with van der Waals surface area (Å²) in [6.07, 6.45) is -2.90. The van der Waals surface area contributed by atoms with Crippen LogP contribution in [0.3, 0.4) is 0 Å². The first-order valence-corrected chi connectivity index (χ1v) is 2.64. The molecule has 1 aliphatic rings. The molecule has 1 atom stereocenters. The Labute approximate surface area is 58.9 Å². The minimum absolute atomic E-state index is 0.379. The van der Waals surface area contributed by atoms with Crippen LogP contribution in [0.25, 0.3) is 0 Å². The van der Waals surface area contributed by atoms with E-state index in [1.807, 2.05) is 0 Å². The van der Waals surface area contributed by atoms with E-state index in [0.29, 0.717) is 5.42 Å². The van der Waals surface area contributed by atoms with Crippen LogP contribution in [-0.2, 0) is 0 Å². The average Bonchev–Trinajstić information content (AvgIpc) is 1.83. The molecule has 0 radical (unpaired) electrons. The fraction of sp³-hybridized carbons (Fsp3) is 0.600. The van der Waals surface area contributed by atoms with E-state index in [-0.39, 0.29) is 0 Å². The maximum atomic E-state index is 12.1. The zero-order valence-electron chi connectivity index (χ0n) is 6.94. The quantitative estimate of drug-likeness (QED) is 0.542. The van der Waals surface area contributed by atoms with Gasteiger partial charge in [-0.15, -0.1) is 0 Å². The summed E-state index contributed by atoms with van der Waals surface area (Å²) in [5.74, 6) is 0. The first-order chi connectivity index (χ1) is 5.35. The second-order valence-electron chi connectivity index (χ2n) is 1.81. The number of hydrogen-bond acceptors (Lipinski definition) is 2. The van der Waals surface area contributed by atoms with E-state index in [9.17, 15) is 13.2 Å². The van der Waals surface area contributed by atoms with Crippen LogP contribution in [0.5, 0.6) is 0 Å². The lowest BCUT2D eigenvalue weighted by Crippen LogP contribution is -2.49. The Bertz CT molecular complexity index is 205. The SMILES string of the molecule is [2H]N1C=CCC([2H])(C(F)(F)F)N1. The van der Waals surface area contributed by atoms with Crippen LogP contribution < -0.4 is 10.8 Å². The van der Waals surface area contributed by atoms with E-state index in [1.54, 1.807) is 5.43 Å². The molecule has 0 saturated carbocycles. The Balaban J connectivity index is 2.80. The molecule has 0 saturated heterocycles. The van der Waals surface area contributed by atoms with Gasteiger partial charge in [0.2, 0.25) is 0 Å². The van der Waals surface area contributed by atoms with Crippen LogP contribution in [-0.4, -0.2) is 12.2 Å². The van der Waals surface area contributed by atoms with Gasteiger partial charge in [0.1, 0.15) is 6.02 Å². The molecule has 0 bridgehead atoms. The van der Waals surface area contributed by atoms with Crippen molar-refractivity contribution >= 4 is 0 Å². The highest BCUT2D eigenvalue weighted by atomic mass is 19.4. The third kappa shape index (κ3) is 1.63. The van der Waals surface area contributed by atoms with Crippen LogP contribution >= 0.6 is 0 Å². The standard InChI is InChI=1S/C5H7F3N2/c6-5(7,8)4-2-1-3-9-10-4/h1,3-4,9-10H,2H2/i4D/hD. The first-order valence-electron chi connectivity index (χ1n) is 3.59. The summed E-state index contributed by atoms with van der Waals surface area (Å²) < 4.78 is 50.1. The smallest absolute Gasteiger partial charge is 0.329 e. The van der Waals surface area contributed by atoms with E-state index < -0.39 is 18.6 Å². The summed E-state index contributed by atoms with van der Waals surface area (Å²) in [6.45, 7) is 0. The number of hydrogen-bond donors (Lipinski definition) is 2. The van der Waals surface area contributed by atoms with Crippen molar-refractivity contribution in [3.63, 3.8) is 0 Å². The molecule has 1 aliphatic heterocycles. The maximum absolute atomic E-state index is 12.1. The van der Waals surface area contributed by atoms with Crippen molar-refractivity contribution in [3.8, 4) is 0 Å². The normalized spacial score (nSPS) is 37.3. The molecule has 1 rings (SSSR count). The molecule has 0 aromatic heterocycles. The van der Waals surface area contributed by atoms with E-state index in [4.69, 9.17) is 2.78 Å². The van der Waals surface area contributed by atoms with Crippen molar-refractivity contribution in [2.45, 2.75) is 18.6 Å². The highest BCUT2D eigenvalue weighted by Gasteiger charge is 2.39. The predicted octanol–water partition coefficient (Wildman–Crippen LogP) is 0.929. The lowest BCUT2D eigenvalue weighted by atomic mass is 10.2. The molecule has 10 heavy (non-hydrogen) atoms. The maximum Gasteiger partial charge on any atom is 0.405 e. The van der Waals surface area contributed by atoms with Crippen molar-refractivity contribution in [3.05, 3.63) is 12.3 Å². The zero-order chi connectivity index (χ0) is 9.41. The molecule has 58 valence electrons. The van der Waals surface area contributed by atoms with Gasteiger partial charge in [-0.05, 0) is 6.42 Å². The Morgan fingerprint density at radius 2 is 2.40 bits per heavy atom. The molecule has 0 fully saturated rings. The summed E-state index contributed by atoms with van der Waals surface area (Å²) in [4.78, 5) is 0. The van der Waals surface area contributed by atoms with E-state index in [0.717, 1.165) is 12.3 Å². The third-order valence-electron chi connectivity index (χ3n) is 1.04. The van der Waals surface area contributed by atoms with Gasteiger partial charge in [-0.1, -0.05) is 6.08 Å². The van der Waals surface area contributed by atoms with E-state index in [2.05, 4.69) is 0 Å². The van der Waals surface area contributed by atoms with Gasteiger partial charge in [-0.3, -0.25) is 0 Å². The van der Waals surface area contributed by atoms with Gasteiger partial charge in [0, 0.05) is 6.20 Å². The van der Waals surface area contributed by atoms with Gasteiger partial charge in [-0.25, -0.2) is 5.43 Å². The van der Waals surface area contributed by atoms with Crippen molar-refractivity contribution in [2.24, 2.45) is 0 Å². The summed E-state index contributed by atoms with van der Waals surface area (Å²) in [5.41, 5.74) is 2.07. The molecule has 1 heterocycles. The number of rotatable bonds is 0. The minimum Gasteiger partial charge on any atom is -0.329 e. The summed E-state index contributed by atoms with van der Waals surface area (Å²) in [6, 6.07) is -2.76. The predicted molar refractivity (Wildman–Crippen MR) is 29.9 cm³/mol. The van der Waals surface area contributed by atoms with Gasteiger partial charge in [0.25, 0.3) is 0 Å². The monoisotopic (exact) mass is 154 g/mol.